The van der Waals surface area contributed by atoms with E-state index < -0.39 is 6.09 Å². The molecule has 1 fully saturated rings. The minimum atomic E-state index is -0.904. The van der Waals surface area contributed by atoms with Gasteiger partial charge in [-0.2, -0.15) is 0 Å². The highest BCUT2D eigenvalue weighted by molar-refractivity contribution is 5.64. The van der Waals surface area contributed by atoms with Crippen molar-refractivity contribution >= 4 is 6.09 Å². The summed E-state index contributed by atoms with van der Waals surface area (Å²) in [7, 11) is 1.55. The number of hydrogen-bond donors (Lipinski definition) is 2. The molecule has 1 aliphatic carbocycles. The minimum Gasteiger partial charge on any atom is -0.465 e. The van der Waals surface area contributed by atoms with Crippen molar-refractivity contribution in [3.05, 3.63) is 0 Å². The van der Waals surface area contributed by atoms with Crippen molar-refractivity contribution in [2.75, 3.05) is 26.8 Å². The fourth-order valence-electron chi connectivity index (χ4n) is 1.61. The fourth-order valence-corrected chi connectivity index (χ4v) is 1.61. The van der Waals surface area contributed by atoms with E-state index in [-0.39, 0.29) is 12.7 Å². The number of carbonyl (C=O) groups is 1. The quantitative estimate of drug-likeness (QED) is 0.645. The Morgan fingerprint density at radius 3 is 2.73 bits per heavy atom. The normalized spacial score (nSPS) is 24.7. The largest absolute Gasteiger partial charge is 0.465 e. The standard InChI is InChI=1S/C10H19NO4/c1-11(10(13)14)3-2-4-15-9-5-8(6-9)7-12/h8-9,12H,2-7H2,1H3,(H,13,14)/t8-,9-. The van der Waals surface area contributed by atoms with Crippen LogP contribution in [0.5, 0.6) is 0 Å². The molecule has 1 rings (SSSR count). The first-order valence-electron chi connectivity index (χ1n) is 5.30. The van der Waals surface area contributed by atoms with Gasteiger partial charge in [0.05, 0.1) is 6.10 Å². The Kier molecular flexibility index (Phi) is 4.84. The fraction of sp³-hybridized carbons (Fsp3) is 0.900. The van der Waals surface area contributed by atoms with Gasteiger partial charge in [-0.1, -0.05) is 0 Å². The van der Waals surface area contributed by atoms with Gasteiger partial charge in [-0.3, -0.25) is 0 Å². The van der Waals surface area contributed by atoms with Crippen LogP contribution in [-0.2, 0) is 4.74 Å². The first kappa shape index (κ1) is 12.3. The van der Waals surface area contributed by atoms with Crippen LogP contribution >= 0.6 is 0 Å². The summed E-state index contributed by atoms with van der Waals surface area (Å²) in [4.78, 5) is 11.7. The third-order valence-corrected chi connectivity index (χ3v) is 2.77. The Morgan fingerprint density at radius 2 is 2.20 bits per heavy atom. The lowest BCUT2D eigenvalue weighted by molar-refractivity contribution is -0.0462. The lowest BCUT2D eigenvalue weighted by Gasteiger charge is -2.33. The first-order chi connectivity index (χ1) is 7.13. The number of carboxylic acid groups (broad SMARTS) is 1. The van der Waals surface area contributed by atoms with Crippen LogP contribution in [0.25, 0.3) is 0 Å². The van der Waals surface area contributed by atoms with Gasteiger partial charge in [-0.05, 0) is 25.2 Å². The van der Waals surface area contributed by atoms with Crippen molar-refractivity contribution in [3.8, 4) is 0 Å². The number of aliphatic hydroxyl groups excluding tert-OH is 1. The van der Waals surface area contributed by atoms with Crippen LogP contribution in [0.15, 0.2) is 0 Å². The lowest BCUT2D eigenvalue weighted by atomic mass is 9.83. The van der Waals surface area contributed by atoms with Gasteiger partial charge in [0.15, 0.2) is 0 Å². The number of ether oxygens (including phenoxy) is 1. The van der Waals surface area contributed by atoms with Gasteiger partial charge in [0.2, 0.25) is 0 Å². The molecule has 2 N–H and O–H groups in total. The van der Waals surface area contributed by atoms with Crippen LogP contribution in [-0.4, -0.2) is 54.1 Å². The maximum atomic E-state index is 10.4. The Balaban J connectivity index is 1.92. The van der Waals surface area contributed by atoms with E-state index in [2.05, 4.69) is 0 Å². The van der Waals surface area contributed by atoms with Crippen molar-refractivity contribution in [2.24, 2.45) is 5.92 Å². The zero-order valence-corrected chi connectivity index (χ0v) is 9.06. The highest BCUT2D eigenvalue weighted by atomic mass is 16.5. The predicted octanol–water partition coefficient (Wildman–Crippen LogP) is 0.774. The second kappa shape index (κ2) is 5.92. The number of aliphatic hydroxyl groups is 1. The molecule has 0 bridgehead atoms. The van der Waals surface area contributed by atoms with Gasteiger partial charge in [-0.15, -0.1) is 0 Å². The van der Waals surface area contributed by atoms with Gasteiger partial charge in [0.25, 0.3) is 0 Å². The van der Waals surface area contributed by atoms with E-state index in [1.54, 1.807) is 7.05 Å². The maximum Gasteiger partial charge on any atom is 0.407 e. The number of nitrogens with zero attached hydrogens (tertiary/aromatic N) is 1. The molecule has 0 aromatic rings. The molecule has 1 aliphatic rings. The second-order valence-electron chi connectivity index (χ2n) is 4.07. The van der Waals surface area contributed by atoms with E-state index in [1.165, 1.54) is 4.90 Å². The lowest BCUT2D eigenvalue weighted by Crippen LogP contribution is -2.34. The smallest absolute Gasteiger partial charge is 0.407 e. The molecule has 5 heteroatoms. The highest BCUT2D eigenvalue weighted by Gasteiger charge is 2.28. The molecule has 88 valence electrons. The van der Waals surface area contributed by atoms with E-state index in [1.807, 2.05) is 0 Å². The second-order valence-corrected chi connectivity index (χ2v) is 4.07. The van der Waals surface area contributed by atoms with Gasteiger partial charge in [0.1, 0.15) is 0 Å². The van der Waals surface area contributed by atoms with Crippen LogP contribution < -0.4 is 0 Å². The van der Waals surface area contributed by atoms with E-state index in [0.717, 1.165) is 19.3 Å². The molecule has 0 heterocycles. The third kappa shape index (κ3) is 4.05. The highest BCUT2D eigenvalue weighted by Crippen LogP contribution is 2.29. The molecule has 0 radical (unpaired) electrons. The molecule has 0 unspecified atom stereocenters. The SMILES string of the molecule is CN(CCCO[C@H]1C[C@H](CO)C1)C(=O)O. The van der Waals surface area contributed by atoms with Crippen molar-refractivity contribution in [1.29, 1.82) is 0 Å². The summed E-state index contributed by atoms with van der Waals surface area (Å²) in [6.45, 7) is 1.35. The minimum absolute atomic E-state index is 0.252. The third-order valence-electron chi connectivity index (χ3n) is 2.77. The number of amides is 1. The molecule has 0 aliphatic heterocycles. The van der Waals surface area contributed by atoms with Crippen molar-refractivity contribution in [3.63, 3.8) is 0 Å². The Labute approximate surface area is 89.6 Å². The van der Waals surface area contributed by atoms with Crippen molar-refractivity contribution in [2.45, 2.75) is 25.4 Å². The molecule has 1 saturated carbocycles. The Hall–Kier alpha value is -0.810. The summed E-state index contributed by atoms with van der Waals surface area (Å²) >= 11 is 0. The number of hydrogen-bond acceptors (Lipinski definition) is 3. The molecular formula is C10H19NO4. The Bertz CT molecular complexity index is 204. The molecule has 5 nitrogen and oxygen atoms in total. The van der Waals surface area contributed by atoms with E-state index in [0.29, 0.717) is 19.1 Å². The number of rotatable bonds is 6. The average molecular weight is 217 g/mol. The van der Waals surface area contributed by atoms with Crippen LogP contribution in [0.4, 0.5) is 4.79 Å². The van der Waals surface area contributed by atoms with E-state index >= 15 is 0 Å². The molecule has 0 aromatic carbocycles. The Morgan fingerprint density at radius 1 is 1.53 bits per heavy atom. The van der Waals surface area contributed by atoms with Crippen LogP contribution in [0.3, 0.4) is 0 Å². The molecule has 1 amide bonds. The zero-order valence-electron chi connectivity index (χ0n) is 9.06. The summed E-state index contributed by atoms with van der Waals surface area (Å²) < 4.78 is 5.51. The van der Waals surface area contributed by atoms with Crippen LogP contribution in [0.2, 0.25) is 0 Å². The van der Waals surface area contributed by atoms with Gasteiger partial charge >= 0.3 is 6.09 Å². The predicted molar refractivity (Wildman–Crippen MR) is 54.8 cm³/mol. The summed E-state index contributed by atoms with van der Waals surface area (Å²) in [5.74, 6) is 0.414. The summed E-state index contributed by atoms with van der Waals surface area (Å²) in [6, 6.07) is 0. The van der Waals surface area contributed by atoms with Gasteiger partial charge in [0, 0.05) is 26.8 Å². The van der Waals surface area contributed by atoms with Crippen LogP contribution in [0, 0.1) is 5.92 Å². The molecule has 0 atom stereocenters. The summed E-state index contributed by atoms with van der Waals surface area (Å²) in [6.07, 6.45) is 1.97. The van der Waals surface area contributed by atoms with Crippen molar-refractivity contribution in [1.82, 2.24) is 4.90 Å². The maximum absolute atomic E-state index is 10.4. The van der Waals surface area contributed by atoms with E-state index in [4.69, 9.17) is 14.9 Å². The topological polar surface area (TPSA) is 70.0 Å². The van der Waals surface area contributed by atoms with Gasteiger partial charge in [-0.25, -0.2) is 4.79 Å². The summed E-state index contributed by atoms with van der Waals surface area (Å²) in [5.41, 5.74) is 0. The average Bonchev–Trinajstić information content (AvgIpc) is 2.14. The van der Waals surface area contributed by atoms with E-state index in [9.17, 15) is 4.79 Å². The molecule has 0 aromatic heterocycles. The first-order valence-corrected chi connectivity index (χ1v) is 5.30. The monoisotopic (exact) mass is 217 g/mol. The molecule has 15 heavy (non-hydrogen) atoms. The molecular weight excluding hydrogens is 198 g/mol. The summed E-state index contributed by atoms with van der Waals surface area (Å²) in [5, 5.41) is 17.4. The molecule has 0 spiro atoms. The van der Waals surface area contributed by atoms with Gasteiger partial charge < -0.3 is 19.8 Å². The molecule has 0 saturated heterocycles. The van der Waals surface area contributed by atoms with Crippen LogP contribution in [0.1, 0.15) is 19.3 Å². The zero-order chi connectivity index (χ0) is 11.3. The van der Waals surface area contributed by atoms with Crippen molar-refractivity contribution < 1.29 is 19.7 Å².